The molecule has 172 valence electrons. The van der Waals surface area contributed by atoms with Crippen molar-refractivity contribution in [3.05, 3.63) is 100 Å². The Morgan fingerprint density at radius 2 is 1.82 bits per heavy atom. The Morgan fingerprint density at radius 3 is 2.59 bits per heavy atom. The number of hydrogen-bond acceptors (Lipinski definition) is 5. The number of thioether (sulfide) groups is 1. The highest BCUT2D eigenvalue weighted by atomic mass is 32.2. The Morgan fingerprint density at radius 1 is 1.06 bits per heavy atom. The van der Waals surface area contributed by atoms with Crippen molar-refractivity contribution in [3.8, 4) is 5.75 Å². The number of nitrogens with zero attached hydrogens (tertiary/aromatic N) is 1. The van der Waals surface area contributed by atoms with E-state index in [4.69, 9.17) is 4.74 Å². The van der Waals surface area contributed by atoms with E-state index in [0.29, 0.717) is 22.6 Å². The van der Waals surface area contributed by atoms with E-state index in [1.54, 1.807) is 36.4 Å². The van der Waals surface area contributed by atoms with Gasteiger partial charge in [0.2, 0.25) is 0 Å². The fourth-order valence-electron chi connectivity index (χ4n) is 3.32. The summed E-state index contributed by atoms with van der Waals surface area (Å²) in [7, 11) is 0. The molecule has 1 aliphatic heterocycles. The number of imide groups is 1. The predicted octanol–water partition coefficient (Wildman–Crippen LogP) is 5.39. The molecule has 0 unspecified atom stereocenters. The van der Waals surface area contributed by atoms with Gasteiger partial charge < -0.3 is 10.1 Å². The molecule has 1 heterocycles. The summed E-state index contributed by atoms with van der Waals surface area (Å²) < 4.78 is 18.7. The largest absolute Gasteiger partial charge is 0.484 e. The molecule has 1 saturated heterocycles. The van der Waals surface area contributed by atoms with Gasteiger partial charge in [-0.2, -0.15) is 0 Å². The second kappa shape index (κ2) is 10.4. The first-order valence-corrected chi connectivity index (χ1v) is 11.3. The van der Waals surface area contributed by atoms with Crippen molar-refractivity contribution in [1.29, 1.82) is 0 Å². The number of hydrogen-bond donors (Lipinski definition) is 1. The van der Waals surface area contributed by atoms with Crippen molar-refractivity contribution in [2.45, 2.75) is 13.5 Å². The van der Waals surface area contributed by atoms with Gasteiger partial charge >= 0.3 is 0 Å². The van der Waals surface area contributed by atoms with E-state index in [1.165, 1.54) is 24.3 Å². The number of carbonyl (C=O) groups excluding carboxylic acids is 3. The number of anilines is 1. The molecule has 0 aliphatic carbocycles. The van der Waals surface area contributed by atoms with Gasteiger partial charge in [-0.25, -0.2) is 4.39 Å². The Balaban J connectivity index is 1.38. The first kappa shape index (κ1) is 23.3. The molecule has 8 heteroatoms. The molecule has 34 heavy (non-hydrogen) atoms. The van der Waals surface area contributed by atoms with E-state index in [2.05, 4.69) is 5.32 Å². The van der Waals surface area contributed by atoms with Gasteiger partial charge in [0.05, 0.1) is 11.4 Å². The maximum absolute atomic E-state index is 13.1. The zero-order valence-electron chi connectivity index (χ0n) is 18.3. The zero-order chi connectivity index (χ0) is 24.1. The van der Waals surface area contributed by atoms with Crippen LogP contribution in [0.2, 0.25) is 0 Å². The summed E-state index contributed by atoms with van der Waals surface area (Å²) in [5, 5.41) is 2.39. The summed E-state index contributed by atoms with van der Waals surface area (Å²) in [5.74, 6) is -0.632. The average molecular weight is 477 g/mol. The molecule has 6 nitrogen and oxygen atoms in total. The summed E-state index contributed by atoms with van der Waals surface area (Å²) in [6, 6.07) is 20.0. The summed E-state index contributed by atoms with van der Waals surface area (Å²) in [5.41, 5.74) is 3.04. The molecule has 3 aromatic carbocycles. The topological polar surface area (TPSA) is 75.7 Å². The van der Waals surface area contributed by atoms with Crippen LogP contribution in [0.25, 0.3) is 6.08 Å². The molecule has 0 atom stereocenters. The van der Waals surface area contributed by atoms with Gasteiger partial charge in [-0.1, -0.05) is 36.4 Å². The molecule has 3 aromatic rings. The number of rotatable bonds is 7. The maximum atomic E-state index is 13.1. The third kappa shape index (κ3) is 5.90. The molecule has 0 aromatic heterocycles. The van der Waals surface area contributed by atoms with Crippen molar-refractivity contribution in [1.82, 2.24) is 4.90 Å². The number of aryl methyl sites for hydroxylation is 1. The quantitative estimate of drug-likeness (QED) is 0.463. The number of ether oxygens (including phenoxy) is 1. The van der Waals surface area contributed by atoms with E-state index < -0.39 is 5.91 Å². The van der Waals surface area contributed by atoms with Gasteiger partial charge in [0, 0.05) is 5.69 Å². The monoisotopic (exact) mass is 476 g/mol. The predicted molar refractivity (Wildman–Crippen MR) is 130 cm³/mol. The highest BCUT2D eigenvalue weighted by Gasteiger charge is 2.35. The highest BCUT2D eigenvalue weighted by Crippen LogP contribution is 2.33. The third-order valence-electron chi connectivity index (χ3n) is 4.96. The second-order valence-electron chi connectivity index (χ2n) is 7.67. The molecule has 0 bridgehead atoms. The Labute approximate surface area is 200 Å². The van der Waals surface area contributed by atoms with E-state index in [0.717, 1.165) is 22.2 Å². The first-order valence-electron chi connectivity index (χ1n) is 10.5. The van der Waals surface area contributed by atoms with Crippen LogP contribution < -0.4 is 10.1 Å². The Hall–Kier alpha value is -3.91. The van der Waals surface area contributed by atoms with E-state index in [1.807, 2.05) is 25.1 Å². The lowest BCUT2D eigenvalue weighted by Crippen LogP contribution is -2.27. The van der Waals surface area contributed by atoms with Crippen LogP contribution in [0.1, 0.15) is 16.7 Å². The average Bonchev–Trinajstić information content (AvgIpc) is 3.07. The Kier molecular flexibility index (Phi) is 7.08. The minimum absolute atomic E-state index is 0.0709. The van der Waals surface area contributed by atoms with Crippen LogP contribution in [0.3, 0.4) is 0 Å². The SMILES string of the molecule is Cc1cccc(NC(=O)COc2cccc(/C=C3\SC(=O)N(Cc4ccc(F)cc4)C3=O)c2)c1. The van der Waals surface area contributed by atoms with E-state index >= 15 is 0 Å². The highest BCUT2D eigenvalue weighted by molar-refractivity contribution is 8.18. The van der Waals surface area contributed by atoms with Crippen LogP contribution in [0.15, 0.2) is 77.7 Å². The molecule has 0 radical (unpaired) electrons. The molecular weight excluding hydrogens is 455 g/mol. The molecule has 4 rings (SSSR count). The van der Waals surface area contributed by atoms with Gasteiger partial charge in [0.25, 0.3) is 17.1 Å². The van der Waals surface area contributed by atoms with Gasteiger partial charge in [-0.3, -0.25) is 19.3 Å². The fourth-order valence-corrected chi connectivity index (χ4v) is 4.16. The number of amides is 3. The lowest BCUT2D eigenvalue weighted by atomic mass is 10.2. The van der Waals surface area contributed by atoms with Gasteiger partial charge in [0.1, 0.15) is 11.6 Å². The maximum Gasteiger partial charge on any atom is 0.293 e. The summed E-state index contributed by atoms with van der Waals surface area (Å²) in [6.07, 6.45) is 1.61. The molecule has 1 aliphatic rings. The van der Waals surface area contributed by atoms with Gasteiger partial charge in [0.15, 0.2) is 6.61 Å². The van der Waals surface area contributed by atoms with Crippen LogP contribution in [0.4, 0.5) is 14.9 Å². The molecule has 0 spiro atoms. The lowest BCUT2D eigenvalue weighted by Gasteiger charge is -2.12. The minimum atomic E-state index is -0.414. The van der Waals surface area contributed by atoms with Crippen LogP contribution in [-0.4, -0.2) is 28.6 Å². The smallest absolute Gasteiger partial charge is 0.293 e. The molecular formula is C26H21FN2O4S. The van der Waals surface area contributed by atoms with Crippen molar-refractivity contribution >= 4 is 40.6 Å². The van der Waals surface area contributed by atoms with Crippen molar-refractivity contribution in [2.75, 3.05) is 11.9 Å². The Bertz CT molecular complexity index is 1270. The fraction of sp³-hybridized carbons (Fsp3) is 0.115. The van der Waals surface area contributed by atoms with Gasteiger partial charge in [-0.05, 0) is 77.9 Å². The minimum Gasteiger partial charge on any atom is -0.484 e. The summed E-state index contributed by atoms with van der Waals surface area (Å²) in [4.78, 5) is 38.7. The number of halogens is 1. The van der Waals surface area contributed by atoms with E-state index in [-0.39, 0.29) is 35.0 Å². The second-order valence-corrected chi connectivity index (χ2v) is 8.67. The normalized spacial score (nSPS) is 14.5. The van der Waals surface area contributed by atoms with Crippen molar-refractivity contribution in [3.63, 3.8) is 0 Å². The number of benzene rings is 3. The first-order chi connectivity index (χ1) is 16.4. The van der Waals surface area contributed by atoms with Crippen molar-refractivity contribution < 1.29 is 23.5 Å². The van der Waals surface area contributed by atoms with Gasteiger partial charge in [-0.15, -0.1) is 0 Å². The molecule has 0 saturated carbocycles. The van der Waals surface area contributed by atoms with Crippen LogP contribution in [0.5, 0.6) is 5.75 Å². The van der Waals surface area contributed by atoms with Crippen LogP contribution in [-0.2, 0) is 16.1 Å². The van der Waals surface area contributed by atoms with Crippen LogP contribution >= 0.6 is 11.8 Å². The van der Waals surface area contributed by atoms with E-state index in [9.17, 15) is 18.8 Å². The third-order valence-corrected chi connectivity index (χ3v) is 5.86. The zero-order valence-corrected chi connectivity index (χ0v) is 19.1. The number of nitrogens with one attached hydrogen (secondary N) is 1. The molecule has 1 fully saturated rings. The number of carbonyl (C=O) groups is 3. The molecule has 1 N–H and O–H groups in total. The van der Waals surface area contributed by atoms with Crippen molar-refractivity contribution in [2.24, 2.45) is 0 Å². The summed E-state index contributed by atoms with van der Waals surface area (Å²) in [6.45, 7) is 1.84. The standard InChI is InChI=1S/C26H21FN2O4S/c1-17-4-2-6-21(12-17)28-24(30)16-33-22-7-3-5-19(13-22)14-23-25(31)29(26(32)34-23)15-18-8-10-20(27)11-9-18/h2-14H,15-16H2,1H3,(H,28,30)/b23-14-. The lowest BCUT2D eigenvalue weighted by molar-refractivity contribution is -0.123. The van der Waals surface area contributed by atoms with Crippen LogP contribution in [0, 0.1) is 12.7 Å². The summed E-state index contributed by atoms with van der Waals surface area (Å²) >= 11 is 0.845. The molecule has 3 amide bonds.